The number of nitriles is 1. The van der Waals surface area contributed by atoms with Gasteiger partial charge in [0.15, 0.2) is 0 Å². The van der Waals surface area contributed by atoms with E-state index >= 15 is 0 Å². The van der Waals surface area contributed by atoms with E-state index in [2.05, 4.69) is 11.4 Å². The van der Waals surface area contributed by atoms with Crippen LogP contribution in [0.4, 0.5) is 0 Å². The van der Waals surface area contributed by atoms with Crippen molar-refractivity contribution in [2.75, 3.05) is 6.54 Å². The van der Waals surface area contributed by atoms with E-state index in [0.29, 0.717) is 13.0 Å². The highest BCUT2D eigenvalue weighted by molar-refractivity contribution is 7.12. The Morgan fingerprint density at radius 1 is 1.56 bits per heavy atom. The number of carbonyl (C=O) groups is 1. The third-order valence-electron chi connectivity index (χ3n) is 2.33. The highest BCUT2D eigenvalue weighted by atomic mass is 32.1. The molecule has 16 heavy (non-hydrogen) atoms. The first-order valence-corrected chi connectivity index (χ1v) is 6.39. The highest BCUT2D eigenvalue weighted by Crippen LogP contribution is 2.16. The summed E-state index contributed by atoms with van der Waals surface area (Å²) in [5.74, 6) is 0.0174. The van der Waals surface area contributed by atoms with Gasteiger partial charge in [0.1, 0.15) is 0 Å². The Hall–Kier alpha value is -1.34. The minimum atomic E-state index is 0.0174. The first-order chi connectivity index (χ1) is 7.79. The van der Waals surface area contributed by atoms with Crippen molar-refractivity contribution in [3.05, 3.63) is 21.9 Å². The summed E-state index contributed by atoms with van der Waals surface area (Å²) in [5, 5.41) is 13.2. The van der Waals surface area contributed by atoms with Gasteiger partial charge in [0.25, 0.3) is 5.91 Å². The summed E-state index contributed by atoms with van der Waals surface area (Å²) < 4.78 is 0. The van der Waals surface area contributed by atoms with Crippen LogP contribution in [0.25, 0.3) is 0 Å². The Morgan fingerprint density at radius 2 is 2.38 bits per heavy atom. The van der Waals surface area contributed by atoms with Crippen LogP contribution in [0, 0.1) is 11.3 Å². The SMILES string of the molecule is CCc1ccsc1C(=O)NCCCCC#N. The molecule has 1 amide bonds. The van der Waals surface area contributed by atoms with Crippen LogP contribution >= 0.6 is 11.3 Å². The van der Waals surface area contributed by atoms with E-state index in [4.69, 9.17) is 5.26 Å². The molecular formula is C12H16N2OS. The fourth-order valence-corrected chi connectivity index (χ4v) is 2.34. The standard InChI is InChI=1S/C12H16N2OS/c1-2-10-6-9-16-11(10)12(15)14-8-5-3-4-7-13/h6,9H,2-5,8H2,1H3,(H,14,15). The first kappa shape index (κ1) is 12.7. The molecule has 86 valence electrons. The van der Waals surface area contributed by atoms with Gasteiger partial charge in [-0.3, -0.25) is 4.79 Å². The van der Waals surface area contributed by atoms with Crippen LogP contribution in [0.3, 0.4) is 0 Å². The number of thiophene rings is 1. The lowest BCUT2D eigenvalue weighted by Gasteiger charge is -2.04. The van der Waals surface area contributed by atoms with E-state index in [9.17, 15) is 4.79 Å². The Morgan fingerprint density at radius 3 is 3.06 bits per heavy atom. The maximum atomic E-state index is 11.8. The molecule has 0 radical (unpaired) electrons. The number of rotatable bonds is 6. The molecule has 0 atom stereocenters. The molecule has 0 saturated carbocycles. The molecule has 0 bridgehead atoms. The number of carbonyl (C=O) groups excluding carboxylic acids is 1. The monoisotopic (exact) mass is 236 g/mol. The summed E-state index contributed by atoms with van der Waals surface area (Å²) >= 11 is 1.49. The van der Waals surface area contributed by atoms with Gasteiger partial charge in [-0.05, 0) is 36.3 Å². The van der Waals surface area contributed by atoms with Gasteiger partial charge < -0.3 is 5.32 Å². The second-order valence-corrected chi connectivity index (χ2v) is 4.42. The molecule has 0 fully saturated rings. The molecule has 0 aliphatic heterocycles. The fourth-order valence-electron chi connectivity index (χ4n) is 1.42. The molecule has 0 aliphatic carbocycles. The lowest BCUT2D eigenvalue weighted by molar-refractivity contribution is 0.0956. The van der Waals surface area contributed by atoms with Crippen LogP contribution in [0.15, 0.2) is 11.4 Å². The van der Waals surface area contributed by atoms with Crippen molar-refractivity contribution in [3.63, 3.8) is 0 Å². The van der Waals surface area contributed by atoms with Crippen LogP contribution in [-0.2, 0) is 6.42 Å². The molecule has 1 heterocycles. The van der Waals surface area contributed by atoms with Crippen molar-refractivity contribution in [2.24, 2.45) is 0 Å². The lowest BCUT2D eigenvalue weighted by Crippen LogP contribution is -2.24. The van der Waals surface area contributed by atoms with Crippen molar-refractivity contribution in [3.8, 4) is 6.07 Å². The highest BCUT2D eigenvalue weighted by Gasteiger charge is 2.10. The Balaban J connectivity index is 2.33. The van der Waals surface area contributed by atoms with Gasteiger partial charge in [0, 0.05) is 13.0 Å². The average molecular weight is 236 g/mol. The second kappa shape index (κ2) is 7.02. The Bertz CT molecular complexity index is 379. The summed E-state index contributed by atoms with van der Waals surface area (Å²) in [6.07, 6.45) is 3.17. The minimum absolute atomic E-state index is 0.0174. The summed E-state index contributed by atoms with van der Waals surface area (Å²) in [5.41, 5.74) is 1.11. The molecule has 1 N–H and O–H groups in total. The molecule has 0 unspecified atom stereocenters. The predicted octanol–water partition coefficient (Wildman–Crippen LogP) is 2.73. The Labute approximate surface area is 100 Å². The second-order valence-electron chi connectivity index (χ2n) is 3.50. The van der Waals surface area contributed by atoms with Crippen molar-refractivity contribution in [2.45, 2.75) is 32.6 Å². The zero-order chi connectivity index (χ0) is 11.8. The fraction of sp³-hybridized carbons (Fsp3) is 0.500. The van der Waals surface area contributed by atoms with Gasteiger partial charge in [-0.2, -0.15) is 5.26 Å². The average Bonchev–Trinajstić information content (AvgIpc) is 2.76. The molecular weight excluding hydrogens is 220 g/mol. The Kier molecular flexibility index (Phi) is 5.58. The van der Waals surface area contributed by atoms with Gasteiger partial charge in [-0.25, -0.2) is 0 Å². The molecule has 0 saturated heterocycles. The summed E-state index contributed by atoms with van der Waals surface area (Å²) in [6, 6.07) is 4.09. The van der Waals surface area contributed by atoms with E-state index in [-0.39, 0.29) is 5.91 Å². The van der Waals surface area contributed by atoms with E-state index in [1.165, 1.54) is 11.3 Å². The van der Waals surface area contributed by atoms with E-state index < -0.39 is 0 Å². The van der Waals surface area contributed by atoms with Gasteiger partial charge in [-0.15, -0.1) is 11.3 Å². The molecule has 0 aliphatic rings. The number of aryl methyl sites for hydroxylation is 1. The zero-order valence-corrected chi connectivity index (χ0v) is 10.3. The van der Waals surface area contributed by atoms with Gasteiger partial charge in [-0.1, -0.05) is 6.92 Å². The topological polar surface area (TPSA) is 52.9 Å². The number of nitrogens with zero attached hydrogens (tertiary/aromatic N) is 1. The quantitative estimate of drug-likeness (QED) is 0.772. The maximum Gasteiger partial charge on any atom is 0.261 e. The van der Waals surface area contributed by atoms with Crippen LogP contribution in [0.1, 0.15) is 41.4 Å². The normalized spacial score (nSPS) is 9.75. The van der Waals surface area contributed by atoms with Gasteiger partial charge in [0.05, 0.1) is 10.9 Å². The molecule has 1 aromatic rings. The third-order valence-corrected chi connectivity index (χ3v) is 3.29. The number of hydrogen-bond donors (Lipinski definition) is 1. The zero-order valence-electron chi connectivity index (χ0n) is 9.45. The predicted molar refractivity (Wildman–Crippen MR) is 65.5 cm³/mol. The van der Waals surface area contributed by atoms with E-state index in [0.717, 1.165) is 29.7 Å². The largest absolute Gasteiger partial charge is 0.351 e. The van der Waals surface area contributed by atoms with Crippen molar-refractivity contribution in [1.29, 1.82) is 5.26 Å². The van der Waals surface area contributed by atoms with Crippen LogP contribution in [0.2, 0.25) is 0 Å². The summed E-state index contributed by atoms with van der Waals surface area (Å²) in [4.78, 5) is 12.6. The first-order valence-electron chi connectivity index (χ1n) is 5.51. The van der Waals surface area contributed by atoms with Crippen molar-refractivity contribution in [1.82, 2.24) is 5.32 Å². The van der Waals surface area contributed by atoms with Gasteiger partial charge >= 0.3 is 0 Å². The van der Waals surface area contributed by atoms with E-state index in [1.54, 1.807) is 0 Å². The molecule has 0 spiro atoms. The molecule has 0 aromatic carbocycles. The lowest BCUT2D eigenvalue weighted by atomic mass is 10.2. The number of nitrogens with one attached hydrogen (secondary N) is 1. The molecule has 4 heteroatoms. The van der Waals surface area contributed by atoms with Crippen LogP contribution in [-0.4, -0.2) is 12.5 Å². The van der Waals surface area contributed by atoms with E-state index in [1.807, 2.05) is 18.4 Å². The summed E-state index contributed by atoms with van der Waals surface area (Å²) in [7, 11) is 0. The molecule has 3 nitrogen and oxygen atoms in total. The maximum absolute atomic E-state index is 11.8. The van der Waals surface area contributed by atoms with Gasteiger partial charge in [0.2, 0.25) is 0 Å². The molecule has 1 aromatic heterocycles. The van der Waals surface area contributed by atoms with Crippen molar-refractivity contribution < 1.29 is 4.79 Å². The minimum Gasteiger partial charge on any atom is -0.351 e. The van der Waals surface area contributed by atoms with Crippen LogP contribution < -0.4 is 5.32 Å². The number of unbranched alkanes of at least 4 members (excludes halogenated alkanes) is 2. The van der Waals surface area contributed by atoms with Crippen molar-refractivity contribution >= 4 is 17.2 Å². The number of amides is 1. The third kappa shape index (κ3) is 3.67. The number of hydrogen-bond acceptors (Lipinski definition) is 3. The smallest absolute Gasteiger partial charge is 0.261 e. The molecule has 1 rings (SSSR count). The van der Waals surface area contributed by atoms with Crippen LogP contribution in [0.5, 0.6) is 0 Å². The summed E-state index contributed by atoms with van der Waals surface area (Å²) in [6.45, 7) is 2.70.